The van der Waals surface area contributed by atoms with Crippen molar-refractivity contribution in [2.45, 2.75) is 0 Å². The smallest absolute Gasteiger partial charge is 0.202 e. The minimum Gasteiger partial charge on any atom is -0.340 e. The predicted octanol–water partition coefficient (Wildman–Crippen LogP) is 1.77. The Kier molecular flexibility index (Phi) is 4.49. The first-order chi connectivity index (χ1) is 12.4. The summed E-state index contributed by atoms with van der Waals surface area (Å²) in [6.45, 7) is 4.72. The van der Waals surface area contributed by atoms with Crippen LogP contribution in [0.15, 0.2) is 55.1 Å². The molecule has 0 aliphatic carbocycles. The molecule has 0 atom stereocenters. The second-order valence-corrected chi connectivity index (χ2v) is 5.99. The summed E-state index contributed by atoms with van der Waals surface area (Å²) in [6, 6.07) is 10.1. The number of anilines is 1. The van der Waals surface area contributed by atoms with Gasteiger partial charge in [-0.2, -0.15) is 5.10 Å². The summed E-state index contributed by atoms with van der Waals surface area (Å²) < 4.78 is 1.85. The van der Waals surface area contributed by atoms with Crippen LogP contribution in [-0.2, 0) is 0 Å². The van der Waals surface area contributed by atoms with E-state index in [1.807, 2.05) is 53.6 Å². The predicted molar refractivity (Wildman–Crippen MR) is 97.7 cm³/mol. The topological polar surface area (TPSA) is 53.0 Å². The summed E-state index contributed by atoms with van der Waals surface area (Å²) in [5.41, 5.74) is 1.99. The van der Waals surface area contributed by atoms with Gasteiger partial charge in [-0.1, -0.05) is 30.0 Å². The number of nitrogens with one attached hydrogen (secondary N) is 1. The van der Waals surface area contributed by atoms with E-state index in [0.717, 1.165) is 49.9 Å². The number of rotatable bonds is 3. The van der Waals surface area contributed by atoms with E-state index in [1.165, 1.54) is 0 Å². The second-order valence-electron chi connectivity index (χ2n) is 5.99. The molecule has 0 spiro atoms. The molecule has 0 unspecified atom stereocenters. The van der Waals surface area contributed by atoms with Crippen molar-refractivity contribution in [1.82, 2.24) is 24.6 Å². The van der Waals surface area contributed by atoms with Crippen molar-refractivity contribution in [1.29, 1.82) is 0 Å². The molecule has 0 bridgehead atoms. The molecule has 0 amide bonds. The Morgan fingerprint density at radius 1 is 1.08 bits per heavy atom. The molecular weight excluding hydrogens is 312 g/mol. The third-order valence-corrected chi connectivity index (χ3v) is 4.29. The summed E-state index contributed by atoms with van der Waals surface area (Å²) in [7, 11) is 0. The van der Waals surface area contributed by atoms with Gasteiger partial charge in [0.15, 0.2) is 0 Å². The lowest BCUT2D eigenvalue weighted by molar-refractivity contribution is 0.287. The van der Waals surface area contributed by atoms with Crippen molar-refractivity contribution < 1.29 is 0 Å². The number of hydrogen-bond donors (Lipinski definition) is 1. The molecule has 1 fully saturated rings. The Morgan fingerprint density at radius 2 is 1.92 bits per heavy atom. The van der Waals surface area contributed by atoms with E-state index in [4.69, 9.17) is 0 Å². The number of H-pyrrole nitrogens is 1. The van der Waals surface area contributed by atoms with Crippen molar-refractivity contribution in [3.8, 4) is 17.5 Å². The molecule has 0 radical (unpaired) electrons. The first kappa shape index (κ1) is 15.5. The number of piperazine rings is 1. The molecular formula is C19H20N6. The summed E-state index contributed by atoms with van der Waals surface area (Å²) >= 11 is 0. The Morgan fingerprint density at radius 3 is 2.68 bits per heavy atom. The van der Waals surface area contributed by atoms with Crippen LogP contribution >= 0.6 is 0 Å². The SMILES string of the molecule is C(#Cc1cnn(-c2ccccc2)c1)CN1CCN(c2ncc[nH]2)CC1. The maximum atomic E-state index is 4.37. The van der Waals surface area contributed by atoms with Crippen LogP contribution in [0.1, 0.15) is 5.56 Å². The van der Waals surface area contributed by atoms with E-state index < -0.39 is 0 Å². The minimum absolute atomic E-state index is 0.780. The van der Waals surface area contributed by atoms with Crippen LogP contribution < -0.4 is 4.90 Å². The van der Waals surface area contributed by atoms with Crippen LogP contribution in [0.3, 0.4) is 0 Å². The summed E-state index contributed by atoms with van der Waals surface area (Å²) in [4.78, 5) is 12.1. The highest BCUT2D eigenvalue weighted by molar-refractivity contribution is 5.36. The van der Waals surface area contributed by atoms with Gasteiger partial charge in [-0.05, 0) is 12.1 Å². The molecule has 25 heavy (non-hydrogen) atoms. The Labute approximate surface area is 147 Å². The lowest BCUT2D eigenvalue weighted by Crippen LogP contribution is -2.46. The van der Waals surface area contributed by atoms with Gasteiger partial charge in [-0.3, -0.25) is 4.90 Å². The van der Waals surface area contributed by atoms with Crippen LogP contribution in [-0.4, -0.2) is 57.4 Å². The van der Waals surface area contributed by atoms with Gasteiger partial charge in [-0.15, -0.1) is 0 Å². The highest BCUT2D eigenvalue weighted by Crippen LogP contribution is 2.10. The molecule has 3 heterocycles. The number of benzene rings is 1. The van der Waals surface area contributed by atoms with E-state index in [2.05, 4.69) is 36.7 Å². The van der Waals surface area contributed by atoms with E-state index in [0.29, 0.717) is 0 Å². The minimum atomic E-state index is 0.780. The van der Waals surface area contributed by atoms with Gasteiger partial charge >= 0.3 is 0 Å². The standard InChI is InChI=1S/C19H20N6/c1-2-6-18(7-3-1)25-16-17(15-22-25)5-4-10-23-11-13-24(14-12-23)19-20-8-9-21-19/h1-3,6-9,15-16H,10-14H2,(H,20,21). The normalized spacial score (nSPS) is 15.0. The van der Waals surface area contributed by atoms with Gasteiger partial charge in [0.25, 0.3) is 0 Å². The third kappa shape index (κ3) is 3.73. The molecule has 126 valence electrons. The lowest BCUT2D eigenvalue weighted by Gasteiger charge is -2.33. The number of nitrogens with zero attached hydrogens (tertiary/aromatic N) is 5. The van der Waals surface area contributed by atoms with Crippen molar-refractivity contribution in [2.75, 3.05) is 37.6 Å². The first-order valence-electron chi connectivity index (χ1n) is 8.44. The van der Waals surface area contributed by atoms with Crippen molar-refractivity contribution >= 4 is 5.95 Å². The van der Waals surface area contributed by atoms with Crippen LogP contribution in [0.2, 0.25) is 0 Å². The number of aromatic nitrogens is 4. The maximum Gasteiger partial charge on any atom is 0.202 e. The van der Waals surface area contributed by atoms with Crippen LogP contribution in [0.25, 0.3) is 5.69 Å². The van der Waals surface area contributed by atoms with Gasteiger partial charge < -0.3 is 9.88 Å². The van der Waals surface area contributed by atoms with E-state index in [-0.39, 0.29) is 0 Å². The summed E-state index contributed by atoms with van der Waals surface area (Å²) in [5, 5.41) is 4.37. The average Bonchev–Trinajstić information content (AvgIpc) is 3.35. The largest absolute Gasteiger partial charge is 0.340 e. The number of para-hydroxylation sites is 1. The highest BCUT2D eigenvalue weighted by atomic mass is 15.3. The highest BCUT2D eigenvalue weighted by Gasteiger charge is 2.17. The number of imidazole rings is 1. The van der Waals surface area contributed by atoms with Gasteiger partial charge in [0, 0.05) is 44.8 Å². The Bertz CT molecular complexity index is 848. The first-order valence-corrected chi connectivity index (χ1v) is 8.44. The van der Waals surface area contributed by atoms with Crippen LogP contribution in [0.4, 0.5) is 5.95 Å². The Hall–Kier alpha value is -3.04. The van der Waals surface area contributed by atoms with Crippen molar-refractivity contribution in [2.24, 2.45) is 0 Å². The zero-order valence-electron chi connectivity index (χ0n) is 14.0. The fourth-order valence-corrected chi connectivity index (χ4v) is 2.91. The summed E-state index contributed by atoms with van der Waals surface area (Å²) in [6.07, 6.45) is 7.44. The molecule has 1 aromatic carbocycles. The van der Waals surface area contributed by atoms with E-state index in [1.54, 1.807) is 6.20 Å². The molecule has 6 nitrogen and oxygen atoms in total. The van der Waals surface area contributed by atoms with Crippen LogP contribution in [0, 0.1) is 11.8 Å². The average molecular weight is 332 g/mol. The van der Waals surface area contributed by atoms with Gasteiger partial charge in [0.05, 0.1) is 24.0 Å². The monoisotopic (exact) mass is 332 g/mol. The van der Waals surface area contributed by atoms with Gasteiger partial charge in [-0.25, -0.2) is 9.67 Å². The zero-order chi connectivity index (χ0) is 16.9. The van der Waals surface area contributed by atoms with Crippen molar-refractivity contribution in [3.05, 3.63) is 60.7 Å². The fourth-order valence-electron chi connectivity index (χ4n) is 2.91. The molecule has 0 saturated carbocycles. The maximum absolute atomic E-state index is 4.37. The molecule has 2 aromatic heterocycles. The lowest BCUT2D eigenvalue weighted by atomic mass is 10.3. The van der Waals surface area contributed by atoms with Crippen molar-refractivity contribution in [3.63, 3.8) is 0 Å². The van der Waals surface area contributed by atoms with Gasteiger partial charge in [0.2, 0.25) is 5.95 Å². The molecule has 1 saturated heterocycles. The number of aromatic amines is 1. The molecule has 6 heteroatoms. The second kappa shape index (κ2) is 7.24. The van der Waals surface area contributed by atoms with Crippen LogP contribution in [0.5, 0.6) is 0 Å². The Balaban J connectivity index is 1.31. The van der Waals surface area contributed by atoms with E-state index in [9.17, 15) is 0 Å². The molecule has 1 aliphatic rings. The molecule has 3 aromatic rings. The molecule has 1 N–H and O–H groups in total. The molecule has 1 aliphatic heterocycles. The number of hydrogen-bond acceptors (Lipinski definition) is 4. The van der Waals surface area contributed by atoms with Gasteiger partial charge in [0.1, 0.15) is 0 Å². The molecule has 4 rings (SSSR count). The fraction of sp³-hybridized carbons (Fsp3) is 0.263. The quantitative estimate of drug-likeness (QED) is 0.743. The summed E-state index contributed by atoms with van der Waals surface area (Å²) in [5.74, 6) is 7.44. The third-order valence-electron chi connectivity index (χ3n) is 4.29. The zero-order valence-corrected chi connectivity index (χ0v) is 14.0. The van der Waals surface area contributed by atoms with E-state index >= 15 is 0 Å².